The first-order valence-corrected chi connectivity index (χ1v) is 8.11. The van der Waals surface area contributed by atoms with Crippen LogP contribution < -0.4 is 5.32 Å². The normalized spacial score (nSPS) is 12.7. The molecule has 0 amide bonds. The van der Waals surface area contributed by atoms with Gasteiger partial charge in [-0.3, -0.25) is 0 Å². The highest BCUT2D eigenvalue weighted by molar-refractivity contribution is 5.66. The summed E-state index contributed by atoms with van der Waals surface area (Å²) in [7, 11) is 1.90. The molecule has 4 heteroatoms. The Kier molecular flexibility index (Phi) is 4.58. The first-order valence-electron chi connectivity index (χ1n) is 8.11. The van der Waals surface area contributed by atoms with Gasteiger partial charge in [0.1, 0.15) is 11.6 Å². The Morgan fingerprint density at radius 1 is 1.04 bits per heavy atom. The highest BCUT2D eigenvalue weighted by atomic mass is 16.3. The van der Waals surface area contributed by atoms with Crippen LogP contribution in [0.2, 0.25) is 0 Å². The van der Waals surface area contributed by atoms with Gasteiger partial charge in [-0.1, -0.05) is 41.5 Å². The minimum atomic E-state index is -0.131. The predicted molar refractivity (Wildman–Crippen MR) is 95.9 cm³/mol. The quantitative estimate of drug-likeness (QED) is 0.799. The van der Waals surface area contributed by atoms with Crippen molar-refractivity contribution in [1.29, 1.82) is 0 Å². The Morgan fingerprint density at radius 3 is 2.00 bits per heavy atom. The maximum absolute atomic E-state index is 10.8. The lowest BCUT2D eigenvalue weighted by Crippen LogP contribution is -2.17. The Labute approximate surface area is 139 Å². The fourth-order valence-electron chi connectivity index (χ4n) is 2.70. The lowest BCUT2D eigenvalue weighted by atomic mass is 9.78. The lowest BCUT2D eigenvalue weighted by molar-refractivity contribution is 0.423. The van der Waals surface area contributed by atoms with E-state index in [0.29, 0.717) is 12.3 Å². The number of imidazole rings is 1. The van der Waals surface area contributed by atoms with Crippen LogP contribution in [-0.2, 0) is 17.4 Å². The van der Waals surface area contributed by atoms with Crippen molar-refractivity contribution in [3.8, 4) is 17.0 Å². The summed E-state index contributed by atoms with van der Waals surface area (Å²) >= 11 is 0. The molecule has 0 aliphatic heterocycles. The Morgan fingerprint density at radius 2 is 1.57 bits per heavy atom. The lowest BCUT2D eigenvalue weighted by Gasteiger charge is -2.28. The minimum absolute atomic E-state index is 0.131. The number of nitrogens with zero attached hydrogens (tertiary/aromatic N) is 1. The highest BCUT2D eigenvalue weighted by Crippen LogP contribution is 2.41. The Hall–Kier alpha value is -1.81. The van der Waals surface area contributed by atoms with Crippen molar-refractivity contribution in [3.05, 3.63) is 35.3 Å². The van der Waals surface area contributed by atoms with Gasteiger partial charge in [0.05, 0.1) is 18.4 Å². The molecule has 0 aliphatic rings. The molecule has 0 saturated heterocycles. The molecule has 0 radical (unpaired) electrons. The van der Waals surface area contributed by atoms with Crippen molar-refractivity contribution in [1.82, 2.24) is 15.3 Å². The molecule has 126 valence electrons. The van der Waals surface area contributed by atoms with Crippen LogP contribution in [0.3, 0.4) is 0 Å². The van der Waals surface area contributed by atoms with Crippen LogP contribution in [0.4, 0.5) is 0 Å². The number of hydrogen-bond acceptors (Lipinski definition) is 3. The van der Waals surface area contributed by atoms with Crippen molar-refractivity contribution < 1.29 is 5.11 Å². The van der Waals surface area contributed by atoms with Crippen LogP contribution in [0.1, 0.15) is 58.5 Å². The molecular weight excluding hydrogens is 286 g/mol. The molecule has 1 heterocycles. The Bertz CT molecular complexity index is 652. The topological polar surface area (TPSA) is 60.9 Å². The van der Waals surface area contributed by atoms with Gasteiger partial charge < -0.3 is 15.4 Å². The molecule has 2 aromatic rings. The molecule has 0 aliphatic carbocycles. The summed E-state index contributed by atoms with van der Waals surface area (Å²) in [5.74, 6) is 1.31. The number of hydrogen-bond donors (Lipinski definition) is 3. The van der Waals surface area contributed by atoms with E-state index in [-0.39, 0.29) is 10.8 Å². The first kappa shape index (κ1) is 17.5. The number of aromatic nitrogens is 2. The van der Waals surface area contributed by atoms with E-state index in [2.05, 4.69) is 69.0 Å². The average molecular weight is 315 g/mol. The van der Waals surface area contributed by atoms with Crippen LogP contribution in [-0.4, -0.2) is 22.1 Å². The van der Waals surface area contributed by atoms with Gasteiger partial charge in [-0.05, 0) is 30.0 Å². The summed E-state index contributed by atoms with van der Waals surface area (Å²) in [6, 6.07) is 4.14. The van der Waals surface area contributed by atoms with Crippen LogP contribution in [0.5, 0.6) is 5.75 Å². The van der Waals surface area contributed by atoms with Gasteiger partial charge in [-0.15, -0.1) is 0 Å². The molecule has 2 rings (SSSR count). The van der Waals surface area contributed by atoms with Gasteiger partial charge in [0.25, 0.3) is 0 Å². The van der Waals surface area contributed by atoms with Crippen molar-refractivity contribution in [2.24, 2.45) is 0 Å². The van der Waals surface area contributed by atoms with E-state index in [0.717, 1.165) is 28.2 Å². The molecular formula is C19H29N3O. The van der Waals surface area contributed by atoms with E-state index in [1.54, 1.807) is 0 Å². The van der Waals surface area contributed by atoms with Crippen LogP contribution in [0.25, 0.3) is 11.3 Å². The molecule has 0 unspecified atom stereocenters. The molecule has 23 heavy (non-hydrogen) atoms. The summed E-state index contributed by atoms with van der Waals surface area (Å²) in [4.78, 5) is 7.76. The van der Waals surface area contributed by atoms with E-state index in [1.807, 2.05) is 13.2 Å². The number of aromatic hydroxyl groups is 1. The minimum Gasteiger partial charge on any atom is -0.507 e. The summed E-state index contributed by atoms with van der Waals surface area (Å²) in [6.45, 7) is 13.4. The number of phenols is 1. The van der Waals surface area contributed by atoms with Gasteiger partial charge in [-0.2, -0.15) is 0 Å². The van der Waals surface area contributed by atoms with Gasteiger partial charge in [0.2, 0.25) is 0 Å². The van der Waals surface area contributed by atoms with Gasteiger partial charge in [-0.25, -0.2) is 4.98 Å². The third-order valence-electron chi connectivity index (χ3n) is 4.01. The van der Waals surface area contributed by atoms with E-state index in [9.17, 15) is 5.11 Å². The zero-order chi connectivity index (χ0) is 17.4. The van der Waals surface area contributed by atoms with Gasteiger partial charge in [0, 0.05) is 16.7 Å². The number of H-pyrrole nitrogens is 1. The molecule has 4 nitrogen and oxygen atoms in total. The molecule has 1 aromatic carbocycles. The maximum Gasteiger partial charge on any atom is 0.123 e. The smallest absolute Gasteiger partial charge is 0.123 e. The third-order valence-corrected chi connectivity index (χ3v) is 4.01. The second-order valence-corrected chi connectivity index (χ2v) is 8.19. The zero-order valence-corrected chi connectivity index (χ0v) is 15.3. The third kappa shape index (κ3) is 3.75. The van der Waals surface area contributed by atoms with Crippen molar-refractivity contribution in [2.45, 2.75) is 58.9 Å². The second kappa shape index (κ2) is 6.00. The monoisotopic (exact) mass is 315 g/mol. The van der Waals surface area contributed by atoms with E-state index in [1.165, 1.54) is 0 Å². The first-order chi connectivity index (χ1) is 10.5. The maximum atomic E-state index is 10.8. The molecule has 0 spiro atoms. The number of phenolic OH excluding ortho intramolecular Hbond substituents is 1. The predicted octanol–water partition coefficient (Wildman–Crippen LogP) is 4.10. The molecule has 0 atom stereocenters. The van der Waals surface area contributed by atoms with Crippen LogP contribution >= 0.6 is 0 Å². The van der Waals surface area contributed by atoms with Crippen molar-refractivity contribution >= 4 is 0 Å². The SMILES string of the molecule is CNCc1ncc(-c2cc(C(C)(C)C)c(O)c(C(C)(C)C)c2)[nH]1. The summed E-state index contributed by atoms with van der Waals surface area (Å²) in [5, 5.41) is 13.9. The van der Waals surface area contributed by atoms with Gasteiger partial charge in [0.15, 0.2) is 0 Å². The molecule has 0 bridgehead atoms. The van der Waals surface area contributed by atoms with E-state index < -0.39 is 0 Å². The van der Waals surface area contributed by atoms with Crippen molar-refractivity contribution in [2.75, 3.05) is 7.05 Å². The number of aromatic amines is 1. The largest absolute Gasteiger partial charge is 0.507 e. The fourth-order valence-corrected chi connectivity index (χ4v) is 2.70. The van der Waals surface area contributed by atoms with Crippen LogP contribution in [0, 0.1) is 0 Å². The zero-order valence-electron chi connectivity index (χ0n) is 15.3. The Balaban J connectivity index is 2.64. The van der Waals surface area contributed by atoms with Crippen LogP contribution in [0.15, 0.2) is 18.3 Å². The van der Waals surface area contributed by atoms with E-state index in [4.69, 9.17) is 0 Å². The number of benzene rings is 1. The summed E-state index contributed by atoms with van der Waals surface area (Å²) in [6.07, 6.45) is 1.86. The molecule has 0 saturated carbocycles. The summed E-state index contributed by atoms with van der Waals surface area (Å²) in [5.41, 5.74) is 3.70. The standard InChI is InChI=1S/C19H29N3O/c1-18(2,3)13-8-12(9-14(17(13)23)19(4,5)6)15-10-21-16(22-15)11-20-7/h8-10,20,23H,11H2,1-7H3,(H,21,22). The summed E-state index contributed by atoms with van der Waals surface area (Å²) < 4.78 is 0. The second-order valence-electron chi connectivity index (χ2n) is 8.19. The average Bonchev–Trinajstić information content (AvgIpc) is 2.85. The van der Waals surface area contributed by atoms with Crippen molar-refractivity contribution in [3.63, 3.8) is 0 Å². The molecule has 3 N–H and O–H groups in total. The van der Waals surface area contributed by atoms with Gasteiger partial charge >= 0.3 is 0 Å². The fraction of sp³-hybridized carbons (Fsp3) is 0.526. The van der Waals surface area contributed by atoms with E-state index >= 15 is 0 Å². The number of nitrogens with one attached hydrogen (secondary N) is 2. The highest BCUT2D eigenvalue weighted by Gasteiger charge is 2.27. The number of rotatable bonds is 3. The molecule has 0 fully saturated rings. The molecule has 1 aromatic heterocycles.